The molecule has 0 bridgehead atoms. The van der Waals surface area contributed by atoms with Gasteiger partial charge in [-0.05, 0) is 60.6 Å². The summed E-state index contributed by atoms with van der Waals surface area (Å²) in [6.45, 7) is 10.5. The van der Waals surface area contributed by atoms with Gasteiger partial charge in [-0.2, -0.15) is 0 Å². The lowest BCUT2D eigenvalue weighted by Crippen LogP contribution is -2.46. The molecule has 1 fully saturated rings. The molecule has 2 aromatic carbocycles. The van der Waals surface area contributed by atoms with Crippen LogP contribution >= 0.6 is 11.6 Å². The van der Waals surface area contributed by atoms with E-state index in [1.807, 2.05) is 31.2 Å². The van der Waals surface area contributed by atoms with Crippen molar-refractivity contribution in [1.29, 1.82) is 0 Å². The summed E-state index contributed by atoms with van der Waals surface area (Å²) in [5.41, 5.74) is 3.17. The molecule has 31 heavy (non-hydrogen) atoms. The van der Waals surface area contributed by atoms with Gasteiger partial charge >= 0.3 is 5.97 Å². The van der Waals surface area contributed by atoms with Gasteiger partial charge in [0.15, 0.2) is 0 Å². The molecule has 0 amide bonds. The first-order chi connectivity index (χ1) is 14.8. The normalized spacial score (nSPS) is 25.8. The van der Waals surface area contributed by atoms with Crippen molar-refractivity contribution in [2.24, 2.45) is 11.8 Å². The van der Waals surface area contributed by atoms with Crippen LogP contribution in [0.15, 0.2) is 42.5 Å². The highest BCUT2D eigenvalue weighted by Gasteiger charge is 2.43. The highest BCUT2D eigenvalue weighted by Crippen LogP contribution is 2.42. The molecule has 0 saturated carbocycles. The van der Waals surface area contributed by atoms with Gasteiger partial charge in [0.05, 0.1) is 12.7 Å². The molecule has 1 aliphatic rings. The van der Waals surface area contributed by atoms with Crippen molar-refractivity contribution in [1.82, 2.24) is 0 Å². The van der Waals surface area contributed by atoms with E-state index in [4.69, 9.17) is 25.8 Å². The van der Waals surface area contributed by atoms with Crippen molar-refractivity contribution < 1.29 is 19.0 Å². The zero-order chi connectivity index (χ0) is 22.5. The smallest absolute Gasteiger partial charge is 0.303 e. The Labute approximate surface area is 190 Å². The SMILES string of the molecule is CCOc1ccc(Cc2cc([C@@H]3O[C@H](CC)C(C)[C@H](C)[C@H]3OC(C)=O)ccc2Cl)cc1. The highest BCUT2D eigenvalue weighted by molar-refractivity contribution is 6.31. The van der Waals surface area contributed by atoms with E-state index >= 15 is 0 Å². The van der Waals surface area contributed by atoms with E-state index in [0.717, 1.165) is 28.9 Å². The number of esters is 1. The van der Waals surface area contributed by atoms with Gasteiger partial charge in [0.25, 0.3) is 0 Å². The Morgan fingerprint density at radius 1 is 1.06 bits per heavy atom. The molecule has 1 aliphatic heterocycles. The Morgan fingerprint density at radius 2 is 1.77 bits per heavy atom. The molecule has 4 nitrogen and oxygen atoms in total. The van der Waals surface area contributed by atoms with Gasteiger partial charge in [-0.25, -0.2) is 0 Å². The molecule has 3 rings (SSSR count). The summed E-state index contributed by atoms with van der Waals surface area (Å²) < 4.78 is 17.7. The van der Waals surface area contributed by atoms with Gasteiger partial charge in [0.2, 0.25) is 0 Å². The van der Waals surface area contributed by atoms with Crippen LogP contribution in [0.25, 0.3) is 0 Å². The molecule has 1 saturated heterocycles. The number of benzene rings is 2. The maximum Gasteiger partial charge on any atom is 0.303 e. The Bertz CT molecular complexity index is 879. The molecule has 0 radical (unpaired) electrons. The maximum atomic E-state index is 11.8. The van der Waals surface area contributed by atoms with Crippen molar-refractivity contribution in [3.8, 4) is 5.75 Å². The maximum absolute atomic E-state index is 11.8. The van der Waals surface area contributed by atoms with Crippen LogP contribution in [0.2, 0.25) is 5.02 Å². The fraction of sp³-hybridized carbons (Fsp3) is 0.500. The standard InChI is InChI=1S/C26H33ClO4/c1-6-24-16(3)17(4)25(30-18(5)28)26(31-24)20-10-13-23(27)21(15-20)14-19-8-11-22(12-9-19)29-7-2/h8-13,15-17,24-26H,6-7,14H2,1-5H3/t16?,17-,24+,25+,26-/m0/s1. The summed E-state index contributed by atoms with van der Waals surface area (Å²) in [4.78, 5) is 11.8. The third kappa shape index (κ3) is 5.61. The molecule has 168 valence electrons. The summed E-state index contributed by atoms with van der Waals surface area (Å²) in [5, 5.41) is 0.714. The van der Waals surface area contributed by atoms with Gasteiger partial charge in [0, 0.05) is 17.9 Å². The average Bonchev–Trinajstić information content (AvgIpc) is 2.75. The number of carbonyl (C=O) groups is 1. The zero-order valence-corrected chi connectivity index (χ0v) is 19.8. The second-order valence-electron chi connectivity index (χ2n) is 8.40. The largest absolute Gasteiger partial charge is 0.494 e. The quantitative estimate of drug-likeness (QED) is 0.464. The molecule has 0 N–H and O–H groups in total. The third-order valence-electron chi connectivity index (χ3n) is 6.29. The van der Waals surface area contributed by atoms with Crippen molar-refractivity contribution in [2.75, 3.05) is 6.61 Å². The number of carbonyl (C=O) groups excluding carboxylic acids is 1. The van der Waals surface area contributed by atoms with Crippen LogP contribution in [-0.4, -0.2) is 24.8 Å². The first-order valence-corrected chi connectivity index (χ1v) is 11.5. The van der Waals surface area contributed by atoms with Gasteiger partial charge < -0.3 is 14.2 Å². The van der Waals surface area contributed by atoms with E-state index in [-0.39, 0.29) is 30.2 Å². The molecule has 1 heterocycles. The minimum atomic E-state index is -0.324. The van der Waals surface area contributed by atoms with E-state index in [2.05, 4.69) is 39.0 Å². The summed E-state index contributed by atoms with van der Waals surface area (Å²) >= 11 is 6.54. The molecule has 1 unspecified atom stereocenters. The van der Waals surface area contributed by atoms with Crippen LogP contribution in [0.4, 0.5) is 0 Å². The summed E-state index contributed by atoms with van der Waals surface area (Å²) in [5.74, 6) is 1.08. The van der Waals surface area contributed by atoms with Gasteiger partial charge in [-0.1, -0.05) is 56.6 Å². The summed E-state index contributed by atoms with van der Waals surface area (Å²) in [6, 6.07) is 14.1. The number of hydrogen-bond donors (Lipinski definition) is 0. The topological polar surface area (TPSA) is 44.8 Å². The minimum absolute atomic E-state index is 0.122. The third-order valence-corrected chi connectivity index (χ3v) is 6.65. The second kappa shape index (κ2) is 10.5. The lowest BCUT2D eigenvalue weighted by atomic mass is 9.78. The van der Waals surface area contributed by atoms with Gasteiger partial charge in [0.1, 0.15) is 18.0 Å². The molecule has 0 spiro atoms. The zero-order valence-electron chi connectivity index (χ0n) is 19.1. The fourth-order valence-corrected chi connectivity index (χ4v) is 4.58. The van der Waals surface area contributed by atoms with Crippen molar-refractivity contribution in [3.05, 3.63) is 64.2 Å². The lowest BCUT2D eigenvalue weighted by Gasteiger charge is -2.44. The molecular formula is C26H33ClO4. The van der Waals surface area contributed by atoms with Crippen LogP contribution in [0, 0.1) is 11.8 Å². The highest BCUT2D eigenvalue weighted by atomic mass is 35.5. The van der Waals surface area contributed by atoms with Crippen LogP contribution in [0.1, 0.15) is 63.8 Å². The first kappa shape index (κ1) is 23.6. The molecule has 5 heteroatoms. The van der Waals surface area contributed by atoms with E-state index < -0.39 is 0 Å². The minimum Gasteiger partial charge on any atom is -0.494 e. The van der Waals surface area contributed by atoms with E-state index in [0.29, 0.717) is 24.0 Å². The van der Waals surface area contributed by atoms with Crippen LogP contribution in [0.3, 0.4) is 0 Å². The predicted octanol–water partition coefficient (Wildman–Crippen LogP) is 6.38. The molecule has 0 aromatic heterocycles. The predicted molar refractivity (Wildman–Crippen MR) is 124 cm³/mol. The van der Waals surface area contributed by atoms with Gasteiger partial charge in [-0.15, -0.1) is 0 Å². The fourth-order valence-electron chi connectivity index (χ4n) is 4.40. The summed E-state index contributed by atoms with van der Waals surface area (Å²) in [6.07, 6.45) is 1.11. The van der Waals surface area contributed by atoms with Crippen molar-refractivity contribution >= 4 is 17.6 Å². The monoisotopic (exact) mass is 444 g/mol. The number of rotatable bonds is 7. The average molecular weight is 445 g/mol. The molecule has 0 aliphatic carbocycles. The van der Waals surface area contributed by atoms with Crippen LogP contribution in [-0.2, 0) is 20.7 Å². The second-order valence-corrected chi connectivity index (χ2v) is 8.81. The summed E-state index contributed by atoms with van der Waals surface area (Å²) in [7, 11) is 0. The Kier molecular flexibility index (Phi) is 8.01. The number of ether oxygens (including phenoxy) is 3. The Hall–Kier alpha value is -2.04. The molecule has 2 aromatic rings. The van der Waals surface area contributed by atoms with Crippen molar-refractivity contribution in [2.45, 2.75) is 65.8 Å². The van der Waals surface area contributed by atoms with E-state index in [1.54, 1.807) is 0 Å². The van der Waals surface area contributed by atoms with Crippen LogP contribution < -0.4 is 4.74 Å². The molecule has 5 atom stereocenters. The lowest BCUT2D eigenvalue weighted by molar-refractivity contribution is -0.196. The van der Waals surface area contributed by atoms with E-state index in [1.165, 1.54) is 6.92 Å². The van der Waals surface area contributed by atoms with Crippen LogP contribution in [0.5, 0.6) is 5.75 Å². The molecular weight excluding hydrogens is 412 g/mol. The van der Waals surface area contributed by atoms with Crippen molar-refractivity contribution in [3.63, 3.8) is 0 Å². The number of hydrogen-bond acceptors (Lipinski definition) is 4. The van der Waals surface area contributed by atoms with E-state index in [9.17, 15) is 4.79 Å². The number of halogens is 1. The Morgan fingerprint density at radius 3 is 2.39 bits per heavy atom. The Balaban J connectivity index is 1.89. The first-order valence-electron chi connectivity index (χ1n) is 11.2. The van der Waals surface area contributed by atoms with Gasteiger partial charge in [-0.3, -0.25) is 4.79 Å².